The number of fused-ring (bicyclic) bond motifs is 3. The molecule has 0 unspecified atom stereocenters. The van der Waals surface area contributed by atoms with Crippen LogP contribution in [0.3, 0.4) is 0 Å². The van der Waals surface area contributed by atoms with E-state index in [1.807, 2.05) is 49.6 Å². The molecule has 0 saturated carbocycles. The smallest absolute Gasteiger partial charge is 0.161 e. The lowest BCUT2D eigenvalue weighted by Gasteiger charge is -2.30. The van der Waals surface area contributed by atoms with Crippen LogP contribution in [0.1, 0.15) is 24.7 Å². The van der Waals surface area contributed by atoms with Crippen molar-refractivity contribution in [3.8, 4) is 22.5 Å². The van der Waals surface area contributed by atoms with Crippen LogP contribution in [0.25, 0.3) is 55.5 Å². The van der Waals surface area contributed by atoms with Gasteiger partial charge in [0.1, 0.15) is 17.0 Å². The van der Waals surface area contributed by atoms with Gasteiger partial charge in [-0.1, -0.05) is 6.07 Å². The van der Waals surface area contributed by atoms with E-state index in [4.69, 9.17) is 4.98 Å². The number of piperidine rings is 1. The minimum Gasteiger partial charge on any atom is -0.345 e. The molecular weight excluding hydrogens is 465 g/mol. The van der Waals surface area contributed by atoms with Crippen LogP contribution in [0.2, 0.25) is 0 Å². The molecule has 4 aromatic heterocycles. The lowest BCUT2D eigenvalue weighted by molar-refractivity contribution is 0.222. The second kappa shape index (κ2) is 8.45. The number of H-pyrrole nitrogens is 1. The Morgan fingerprint density at radius 3 is 2.73 bits per heavy atom. The van der Waals surface area contributed by atoms with E-state index in [0.717, 1.165) is 70.3 Å². The van der Waals surface area contributed by atoms with Crippen LogP contribution in [-0.2, 0) is 0 Å². The van der Waals surface area contributed by atoms with Crippen molar-refractivity contribution in [2.24, 2.45) is 0 Å². The minimum atomic E-state index is -0.307. The Kier molecular flexibility index (Phi) is 5.04. The molecule has 0 amide bonds. The number of nitrogens with one attached hydrogen (secondary N) is 1. The van der Waals surface area contributed by atoms with E-state index < -0.39 is 0 Å². The molecular formula is C29H26FN7. The molecule has 1 fully saturated rings. The summed E-state index contributed by atoms with van der Waals surface area (Å²) in [4.78, 5) is 24.0. The van der Waals surface area contributed by atoms with Gasteiger partial charge in [-0.2, -0.15) is 0 Å². The van der Waals surface area contributed by atoms with Gasteiger partial charge in [-0.3, -0.25) is 4.98 Å². The van der Waals surface area contributed by atoms with Crippen LogP contribution < -0.4 is 0 Å². The van der Waals surface area contributed by atoms with E-state index in [0.29, 0.717) is 23.0 Å². The molecule has 1 N–H and O–H groups in total. The fourth-order valence-electron chi connectivity index (χ4n) is 5.64. The molecule has 37 heavy (non-hydrogen) atoms. The fraction of sp³-hybridized carbons (Fsp3) is 0.241. The van der Waals surface area contributed by atoms with Gasteiger partial charge in [0.25, 0.3) is 0 Å². The van der Waals surface area contributed by atoms with E-state index in [1.54, 1.807) is 12.3 Å². The maximum atomic E-state index is 15.3. The van der Waals surface area contributed by atoms with E-state index in [-0.39, 0.29) is 5.82 Å². The number of hydrogen-bond donors (Lipinski definition) is 1. The Balaban J connectivity index is 1.30. The summed E-state index contributed by atoms with van der Waals surface area (Å²) in [5.74, 6) is 1.18. The monoisotopic (exact) mass is 491 g/mol. The highest BCUT2D eigenvalue weighted by Crippen LogP contribution is 2.35. The van der Waals surface area contributed by atoms with Crippen molar-refractivity contribution >= 4 is 33.0 Å². The lowest BCUT2D eigenvalue weighted by atomic mass is 10.0. The van der Waals surface area contributed by atoms with Crippen molar-refractivity contribution in [2.75, 3.05) is 20.1 Å². The van der Waals surface area contributed by atoms with Crippen LogP contribution in [0.5, 0.6) is 0 Å². The SMILES string of the molecule is Cc1nc2c(F)cc(-c3c[nH]c4nc(-c5ccc6ncccc6c5)ncc34)cc2n1C1CCN(C)CC1. The van der Waals surface area contributed by atoms with Gasteiger partial charge in [-0.05, 0) is 81.9 Å². The Bertz CT molecular complexity index is 1790. The lowest BCUT2D eigenvalue weighted by Crippen LogP contribution is -2.31. The average molecular weight is 492 g/mol. The van der Waals surface area contributed by atoms with Gasteiger partial charge in [0.15, 0.2) is 11.6 Å². The van der Waals surface area contributed by atoms with Gasteiger partial charge in [-0.15, -0.1) is 0 Å². The maximum absolute atomic E-state index is 15.3. The van der Waals surface area contributed by atoms with Gasteiger partial charge < -0.3 is 14.5 Å². The third-order valence-corrected chi connectivity index (χ3v) is 7.58. The molecule has 1 aliphatic rings. The van der Waals surface area contributed by atoms with Crippen LogP contribution in [0.4, 0.5) is 4.39 Å². The summed E-state index contributed by atoms with van der Waals surface area (Å²) < 4.78 is 17.6. The van der Waals surface area contributed by atoms with Crippen LogP contribution >= 0.6 is 0 Å². The Hall–Kier alpha value is -4.17. The molecule has 0 atom stereocenters. The number of aromatic amines is 1. The molecule has 2 aromatic carbocycles. The van der Waals surface area contributed by atoms with E-state index in [9.17, 15) is 0 Å². The second-order valence-electron chi connectivity index (χ2n) is 9.96. The Labute approximate surface area is 213 Å². The first kappa shape index (κ1) is 22.1. The first-order chi connectivity index (χ1) is 18.0. The third kappa shape index (κ3) is 3.67. The average Bonchev–Trinajstić information content (AvgIpc) is 3.49. The number of imidazole rings is 1. The molecule has 0 spiro atoms. The number of aryl methyl sites for hydroxylation is 1. The summed E-state index contributed by atoms with van der Waals surface area (Å²) in [6.07, 6.45) is 7.55. The maximum Gasteiger partial charge on any atom is 0.161 e. The van der Waals surface area contributed by atoms with Crippen molar-refractivity contribution in [3.05, 3.63) is 72.7 Å². The largest absolute Gasteiger partial charge is 0.345 e. The van der Waals surface area contributed by atoms with Gasteiger partial charge in [0.05, 0.1) is 11.0 Å². The number of rotatable bonds is 3. The first-order valence-corrected chi connectivity index (χ1v) is 12.6. The molecule has 5 heterocycles. The zero-order valence-electron chi connectivity index (χ0n) is 20.7. The van der Waals surface area contributed by atoms with Crippen molar-refractivity contribution in [1.29, 1.82) is 0 Å². The van der Waals surface area contributed by atoms with Crippen molar-refractivity contribution in [3.63, 3.8) is 0 Å². The summed E-state index contributed by atoms with van der Waals surface area (Å²) in [7, 11) is 2.15. The minimum absolute atomic E-state index is 0.307. The van der Waals surface area contributed by atoms with Gasteiger partial charge in [-0.25, -0.2) is 19.3 Å². The second-order valence-corrected chi connectivity index (χ2v) is 9.96. The van der Waals surface area contributed by atoms with Crippen molar-refractivity contribution < 1.29 is 4.39 Å². The summed E-state index contributed by atoms with van der Waals surface area (Å²) in [6, 6.07) is 13.9. The molecule has 7 rings (SSSR count). The van der Waals surface area contributed by atoms with Gasteiger partial charge in [0, 0.05) is 46.5 Å². The summed E-state index contributed by atoms with van der Waals surface area (Å²) in [6.45, 7) is 4.03. The normalized spacial score (nSPS) is 15.3. The molecule has 1 aliphatic heterocycles. The van der Waals surface area contributed by atoms with Gasteiger partial charge in [0.2, 0.25) is 0 Å². The van der Waals surface area contributed by atoms with Crippen LogP contribution in [0, 0.1) is 12.7 Å². The predicted molar refractivity (Wildman–Crippen MR) is 144 cm³/mol. The van der Waals surface area contributed by atoms with E-state index in [1.165, 1.54) is 0 Å². The topological polar surface area (TPSA) is 75.5 Å². The number of likely N-dealkylation sites (tertiary alicyclic amines) is 1. The van der Waals surface area contributed by atoms with Gasteiger partial charge >= 0.3 is 0 Å². The standard InChI is InChI=1S/C29H26FN7/c1-17-34-27-24(30)13-20(14-26(27)37(17)21-7-10-36(2)11-8-21)22-15-33-29-23(22)16-32-28(35-29)19-5-6-25-18(12-19)4-3-9-31-25/h3-6,9,12-16,21H,7-8,10-11H2,1-2H3,(H,32,33,35). The molecule has 7 nitrogen and oxygen atoms in total. The Morgan fingerprint density at radius 1 is 1.00 bits per heavy atom. The number of pyridine rings is 1. The zero-order chi connectivity index (χ0) is 25.1. The van der Waals surface area contributed by atoms with E-state index in [2.05, 4.69) is 42.5 Å². The highest BCUT2D eigenvalue weighted by molar-refractivity contribution is 5.96. The molecule has 0 aliphatic carbocycles. The molecule has 1 saturated heterocycles. The number of halogens is 1. The molecule has 0 radical (unpaired) electrons. The number of nitrogens with zero attached hydrogens (tertiary/aromatic N) is 6. The fourth-order valence-corrected chi connectivity index (χ4v) is 5.64. The number of benzene rings is 2. The predicted octanol–water partition coefficient (Wildman–Crippen LogP) is 5.90. The molecule has 0 bridgehead atoms. The summed E-state index contributed by atoms with van der Waals surface area (Å²) in [5, 5.41) is 1.89. The summed E-state index contributed by atoms with van der Waals surface area (Å²) >= 11 is 0. The first-order valence-electron chi connectivity index (χ1n) is 12.6. The number of hydrogen-bond acceptors (Lipinski definition) is 5. The van der Waals surface area contributed by atoms with Crippen LogP contribution in [0.15, 0.2) is 61.1 Å². The third-order valence-electron chi connectivity index (χ3n) is 7.58. The molecule has 6 aromatic rings. The zero-order valence-corrected chi connectivity index (χ0v) is 20.7. The quantitative estimate of drug-likeness (QED) is 0.333. The van der Waals surface area contributed by atoms with Crippen LogP contribution in [-0.4, -0.2) is 54.5 Å². The Morgan fingerprint density at radius 2 is 1.86 bits per heavy atom. The highest BCUT2D eigenvalue weighted by Gasteiger charge is 2.24. The molecule has 184 valence electrons. The van der Waals surface area contributed by atoms with Crippen molar-refractivity contribution in [2.45, 2.75) is 25.8 Å². The number of aromatic nitrogens is 6. The summed E-state index contributed by atoms with van der Waals surface area (Å²) in [5.41, 5.74) is 5.51. The molecule has 8 heteroatoms. The van der Waals surface area contributed by atoms with Crippen molar-refractivity contribution in [1.82, 2.24) is 34.4 Å². The van der Waals surface area contributed by atoms with E-state index >= 15 is 4.39 Å². The highest BCUT2D eigenvalue weighted by atomic mass is 19.1.